The fraction of sp³-hybridized carbons (Fsp3) is 0.875. The molecule has 0 heterocycles. The number of rotatable bonds is 5. The standard InChI is InChI=1S/C8H18N2O2S/c1-6(13(3)12)4-5-10-8(11)7(2)9/h6-7H,4-5,9H2,1-3H3,(H,10,11)/t6?,7-,13?/m0/s1. The monoisotopic (exact) mass is 206 g/mol. The molecule has 1 amide bonds. The van der Waals surface area contributed by atoms with E-state index in [9.17, 15) is 9.00 Å². The first-order valence-corrected chi connectivity index (χ1v) is 5.92. The molecule has 0 saturated heterocycles. The van der Waals surface area contributed by atoms with E-state index < -0.39 is 16.8 Å². The molecular formula is C8H18N2O2S. The minimum Gasteiger partial charge on any atom is -0.355 e. The second-order valence-corrected chi connectivity index (χ2v) is 4.98. The zero-order valence-electron chi connectivity index (χ0n) is 8.37. The highest BCUT2D eigenvalue weighted by Crippen LogP contribution is 1.97. The maximum Gasteiger partial charge on any atom is 0.236 e. The van der Waals surface area contributed by atoms with Gasteiger partial charge in [-0.1, -0.05) is 6.92 Å². The first-order valence-electron chi connectivity index (χ1n) is 4.30. The molecule has 0 aromatic rings. The van der Waals surface area contributed by atoms with Crippen LogP contribution in [0.4, 0.5) is 0 Å². The first kappa shape index (κ1) is 12.6. The Morgan fingerprint density at radius 2 is 2.08 bits per heavy atom. The molecule has 13 heavy (non-hydrogen) atoms. The van der Waals surface area contributed by atoms with Crippen LogP contribution >= 0.6 is 0 Å². The Kier molecular flexibility index (Phi) is 5.90. The maximum atomic E-state index is 11.0. The summed E-state index contributed by atoms with van der Waals surface area (Å²) in [7, 11) is -0.818. The number of nitrogens with one attached hydrogen (secondary N) is 1. The summed E-state index contributed by atoms with van der Waals surface area (Å²) in [5.41, 5.74) is 5.34. The van der Waals surface area contributed by atoms with Crippen molar-refractivity contribution in [1.29, 1.82) is 0 Å². The molecule has 78 valence electrons. The molecule has 0 spiro atoms. The highest BCUT2D eigenvalue weighted by Gasteiger charge is 2.08. The van der Waals surface area contributed by atoms with Crippen molar-refractivity contribution in [3.8, 4) is 0 Å². The normalized spacial score (nSPS) is 17.5. The van der Waals surface area contributed by atoms with Crippen molar-refractivity contribution < 1.29 is 9.00 Å². The lowest BCUT2D eigenvalue weighted by Crippen LogP contribution is -2.39. The van der Waals surface area contributed by atoms with Gasteiger partial charge in [0.25, 0.3) is 0 Å². The van der Waals surface area contributed by atoms with E-state index in [1.807, 2.05) is 6.92 Å². The van der Waals surface area contributed by atoms with Crippen molar-refractivity contribution >= 4 is 16.7 Å². The fourth-order valence-electron chi connectivity index (χ4n) is 0.726. The number of nitrogens with two attached hydrogens (primary N) is 1. The first-order chi connectivity index (χ1) is 5.95. The SMILES string of the molecule is CC(CCNC(=O)[C@H](C)N)S(C)=O. The van der Waals surface area contributed by atoms with Crippen LogP contribution < -0.4 is 11.1 Å². The van der Waals surface area contributed by atoms with Gasteiger partial charge in [-0.05, 0) is 13.3 Å². The lowest BCUT2D eigenvalue weighted by Gasteiger charge is -2.10. The maximum absolute atomic E-state index is 11.0. The van der Waals surface area contributed by atoms with E-state index in [0.717, 1.165) is 6.42 Å². The molecule has 0 aliphatic carbocycles. The molecule has 4 nitrogen and oxygen atoms in total. The van der Waals surface area contributed by atoms with Gasteiger partial charge in [0.15, 0.2) is 0 Å². The highest BCUT2D eigenvalue weighted by atomic mass is 32.2. The molecule has 0 saturated carbocycles. The lowest BCUT2D eigenvalue weighted by molar-refractivity contribution is -0.121. The van der Waals surface area contributed by atoms with Gasteiger partial charge in [0, 0.05) is 28.9 Å². The summed E-state index contributed by atoms with van der Waals surface area (Å²) < 4.78 is 10.9. The van der Waals surface area contributed by atoms with Gasteiger partial charge in [-0.25, -0.2) is 0 Å². The summed E-state index contributed by atoms with van der Waals surface area (Å²) >= 11 is 0. The van der Waals surface area contributed by atoms with E-state index in [1.54, 1.807) is 13.2 Å². The Balaban J connectivity index is 3.56. The third-order valence-corrected chi connectivity index (χ3v) is 3.20. The van der Waals surface area contributed by atoms with Crippen molar-refractivity contribution in [1.82, 2.24) is 5.32 Å². The Morgan fingerprint density at radius 1 is 1.54 bits per heavy atom. The molecular weight excluding hydrogens is 188 g/mol. The molecule has 0 bridgehead atoms. The molecule has 3 N–H and O–H groups in total. The predicted octanol–water partition coefficient (Wildman–Crippen LogP) is -0.393. The third kappa shape index (κ3) is 5.76. The van der Waals surface area contributed by atoms with Crippen LogP contribution in [-0.2, 0) is 15.6 Å². The molecule has 2 unspecified atom stereocenters. The van der Waals surface area contributed by atoms with Gasteiger partial charge in [-0.3, -0.25) is 9.00 Å². The number of hydrogen-bond donors (Lipinski definition) is 2. The van der Waals surface area contributed by atoms with Crippen LogP contribution in [0.3, 0.4) is 0 Å². The van der Waals surface area contributed by atoms with E-state index in [2.05, 4.69) is 5.32 Å². The van der Waals surface area contributed by atoms with Gasteiger partial charge in [0.1, 0.15) is 0 Å². The molecule has 0 aliphatic heterocycles. The molecule has 0 radical (unpaired) electrons. The average molecular weight is 206 g/mol. The van der Waals surface area contributed by atoms with Crippen LogP contribution in [-0.4, -0.2) is 34.2 Å². The van der Waals surface area contributed by atoms with E-state index >= 15 is 0 Å². The summed E-state index contributed by atoms with van der Waals surface area (Å²) in [6, 6.07) is -0.470. The second kappa shape index (κ2) is 6.10. The minimum absolute atomic E-state index is 0.119. The van der Waals surface area contributed by atoms with Crippen molar-refractivity contribution in [2.24, 2.45) is 5.73 Å². The number of hydrogen-bond acceptors (Lipinski definition) is 3. The Morgan fingerprint density at radius 3 is 2.46 bits per heavy atom. The number of carbonyl (C=O) groups is 1. The minimum atomic E-state index is -0.818. The topological polar surface area (TPSA) is 72.2 Å². The van der Waals surface area contributed by atoms with E-state index in [0.29, 0.717) is 6.54 Å². The van der Waals surface area contributed by atoms with Gasteiger partial charge >= 0.3 is 0 Å². The molecule has 0 aliphatic rings. The van der Waals surface area contributed by atoms with Gasteiger partial charge in [0.2, 0.25) is 5.91 Å². The number of carbonyl (C=O) groups excluding carboxylic acids is 1. The summed E-state index contributed by atoms with van der Waals surface area (Å²) in [6.07, 6.45) is 2.39. The van der Waals surface area contributed by atoms with Crippen molar-refractivity contribution in [3.05, 3.63) is 0 Å². The van der Waals surface area contributed by atoms with E-state index in [-0.39, 0.29) is 11.2 Å². The van der Waals surface area contributed by atoms with Crippen LogP contribution in [0.15, 0.2) is 0 Å². The largest absolute Gasteiger partial charge is 0.355 e. The van der Waals surface area contributed by atoms with E-state index in [1.165, 1.54) is 0 Å². The second-order valence-electron chi connectivity index (χ2n) is 3.18. The van der Waals surface area contributed by atoms with Crippen LogP contribution in [0.25, 0.3) is 0 Å². The molecule has 5 heteroatoms. The quantitative estimate of drug-likeness (QED) is 0.643. The van der Waals surface area contributed by atoms with Crippen molar-refractivity contribution in [3.63, 3.8) is 0 Å². The van der Waals surface area contributed by atoms with Gasteiger partial charge in [-0.15, -0.1) is 0 Å². The average Bonchev–Trinajstić information content (AvgIpc) is 2.03. The molecule has 0 aromatic carbocycles. The van der Waals surface area contributed by atoms with Gasteiger partial charge in [-0.2, -0.15) is 0 Å². The Bertz CT molecular complexity index is 195. The lowest BCUT2D eigenvalue weighted by atomic mass is 10.3. The summed E-state index contributed by atoms with van der Waals surface area (Å²) in [5.74, 6) is -0.158. The van der Waals surface area contributed by atoms with Crippen LogP contribution in [0.2, 0.25) is 0 Å². The molecule has 3 atom stereocenters. The van der Waals surface area contributed by atoms with Crippen molar-refractivity contribution in [2.75, 3.05) is 12.8 Å². The Labute approximate surface area is 81.7 Å². The van der Waals surface area contributed by atoms with Gasteiger partial charge < -0.3 is 11.1 Å². The molecule has 0 rings (SSSR count). The zero-order valence-corrected chi connectivity index (χ0v) is 9.19. The Hall–Kier alpha value is -0.420. The predicted molar refractivity (Wildman–Crippen MR) is 54.8 cm³/mol. The molecule has 0 aromatic heterocycles. The highest BCUT2D eigenvalue weighted by molar-refractivity contribution is 7.84. The third-order valence-electron chi connectivity index (χ3n) is 1.83. The van der Waals surface area contributed by atoms with Gasteiger partial charge in [0.05, 0.1) is 6.04 Å². The summed E-state index contributed by atoms with van der Waals surface area (Å²) in [6.45, 7) is 4.08. The summed E-state index contributed by atoms with van der Waals surface area (Å²) in [4.78, 5) is 11.0. The van der Waals surface area contributed by atoms with Crippen molar-refractivity contribution in [2.45, 2.75) is 31.6 Å². The zero-order chi connectivity index (χ0) is 10.4. The number of amides is 1. The smallest absolute Gasteiger partial charge is 0.236 e. The summed E-state index contributed by atoms with van der Waals surface area (Å²) in [5, 5.41) is 2.79. The van der Waals surface area contributed by atoms with Crippen LogP contribution in [0.5, 0.6) is 0 Å². The fourth-order valence-corrected chi connectivity index (χ4v) is 1.18. The van der Waals surface area contributed by atoms with Crippen LogP contribution in [0, 0.1) is 0 Å². The van der Waals surface area contributed by atoms with E-state index in [4.69, 9.17) is 5.73 Å². The van der Waals surface area contributed by atoms with Crippen LogP contribution in [0.1, 0.15) is 20.3 Å². The molecule has 0 fully saturated rings.